The van der Waals surface area contributed by atoms with Crippen molar-refractivity contribution in [3.63, 3.8) is 0 Å². The van der Waals surface area contributed by atoms with Crippen LogP contribution in [0.4, 0.5) is 13.2 Å². The van der Waals surface area contributed by atoms with Crippen LogP contribution < -0.4 is 0 Å². The number of halogens is 4. The summed E-state index contributed by atoms with van der Waals surface area (Å²) in [6.45, 7) is 2.90. The van der Waals surface area contributed by atoms with Gasteiger partial charge in [0.15, 0.2) is 23.3 Å². The Morgan fingerprint density at radius 1 is 1.05 bits per heavy atom. The minimum absolute atomic E-state index is 0.00217. The molecular formula is C26H22ClF3N6O4S. The lowest BCUT2D eigenvalue weighted by molar-refractivity contribution is -0.210. The molecule has 1 aliphatic heterocycles. The van der Waals surface area contributed by atoms with Crippen LogP contribution in [0.25, 0.3) is 27.0 Å². The highest BCUT2D eigenvalue weighted by molar-refractivity contribution is 7.19. The molecule has 0 aliphatic carbocycles. The second kappa shape index (κ2) is 10.5. The normalized spacial score (nSPS) is 23.0. The molecule has 5 atom stereocenters. The maximum absolute atomic E-state index is 13.8. The summed E-state index contributed by atoms with van der Waals surface area (Å²) in [5, 5.41) is 42.4. The standard InChI is InChI=1S/C26H22ClF3N6O4S/c1-10-32-26(36(34-10)17-4-3-16-25(19(17)27)41-11(2)33-16)24-23(39)21(22(38)18(9-37)40-24)35-8-13(7-31-35)12-5-14(28)20(30)15(29)6-12/h3-8,18,21-24,37-39H,9H2,1-2H3/t18-,21+,22+,23-,24-/m0/s1. The largest absolute Gasteiger partial charge is 0.394 e. The van der Waals surface area contributed by atoms with Gasteiger partial charge in [-0.1, -0.05) is 11.6 Å². The van der Waals surface area contributed by atoms with Crippen molar-refractivity contribution in [2.24, 2.45) is 0 Å². The van der Waals surface area contributed by atoms with Crippen LogP contribution in [-0.2, 0) is 4.74 Å². The molecular weight excluding hydrogens is 585 g/mol. The molecule has 10 nitrogen and oxygen atoms in total. The van der Waals surface area contributed by atoms with Gasteiger partial charge in [0, 0.05) is 11.8 Å². The average molecular weight is 607 g/mol. The van der Waals surface area contributed by atoms with Crippen LogP contribution >= 0.6 is 22.9 Å². The van der Waals surface area contributed by atoms with Gasteiger partial charge in [0.1, 0.15) is 36.3 Å². The first-order chi connectivity index (χ1) is 19.6. The van der Waals surface area contributed by atoms with Crippen LogP contribution in [0, 0.1) is 31.3 Å². The fourth-order valence-corrected chi connectivity index (χ4v) is 6.22. The Morgan fingerprint density at radius 2 is 1.78 bits per heavy atom. The monoisotopic (exact) mass is 606 g/mol. The zero-order valence-electron chi connectivity index (χ0n) is 21.4. The number of aliphatic hydroxyl groups excluding tert-OH is 3. The lowest BCUT2D eigenvalue weighted by Gasteiger charge is -2.41. The van der Waals surface area contributed by atoms with Crippen molar-refractivity contribution in [1.82, 2.24) is 29.5 Å². The van der Waals surface area contributed by atoms with Crippen molar-refractivity contribution in [2.45, 2.75) is 44.3 Å². The molecule has 1 fully saturated rings. The summed E-state index contributed by atoms with van der Waals surface area (Å²) in [5.74, 6) is -3.85. The van der Waals surface area contributed by atoms with Crippen LogP contribution in [0.1, 0.15) is 28.8 Å². The van der Waals surface area contributed by atoms with Crippen molar-refractivity contribution < 1.29 is 33.2 Å². The lowest BCUT2D eigenvalue weighted by atomic mass is 9.92. The molecule has 6 rings (SSSR count). The molecule has 2 aromatic carbocycles. The number of hydrogen-bond donors (Lipinski definition) is 3. The fraction of sp³-hybridized carbons (Fsp3) is 0.308. The third-order valence-electron chi connectivity index (χ3n) is 6.92. The highest BCUT2D eigenvalue weighted by Gasteiger charge is 2.48. The van der Waals surface area contributed by atoms with Gasteiger partial charge in [-0.2, -0.15) is 10.2 Å². The van der Waals surface area contributed by atoms with Crippen LogP contribution in [0.15, 0.2) is 36.7 Å². The van der Waals surface area contributed by atoms with Crippen molar-refractivity contribution in [3.8, 4) is 16.8 Å². The first-order valence-electron chi connectivity index (χ1n) is 12.4. The molecule has 5 aromatic rings. The molecule has 0 radical (unpaired) electrons. The SMILES string of the molecule is Cc1nc([C@H]2O[C@@H](CO)[C@@H](O)[C@@H](n3cc(-c4cc(F)c(F)c(F)c4)cn3)[C@@H]2O)n(-c2ccc3nc(C)sc3c2Cl)n1. The molecule has 15 heteroatoms. The van der Waals surface area contributed by atoms with Gasteiger partial charge >= 0.3 is 0 Å². The number of nitrogens with zero attached hydrogens (tertiary/aromatic N) is 6. The predicted molar refractivity (Wildman–Crippen MR) is 142 cm³/mol. The minimum atomic E-state index is -1.60. The highest BCUT2D eigenvalue weighted by atomic mass is 35.5. The van der Waals surface area contributed by atoms with E-state index in [1.807, 2.05) is 6.92 Å². The molecule has 0 saturated carbocycles. The molecule has 3 aromatic heterocycles. The van der Waals surface area contributed by atoms with E-state index in [4.69, 9.17) is 16.3 Å². The Hall–Kier alpha value is -3.40. The summed E-state index contributed by atoms with van der Waals surface area (Å²) < 4.78 is 50.5. The van der Waals surface area contributed by atoms with Crippen LogP contribution in [0.2, 0.25) is 5.02 Å². The van der Waals surface area contributed by atoms with Gasteiger partial charge in [-0.05, 0) is 43.7 Å². The molecule has 214 valence electrons. The summed E-state index contributed by atoms with van der Waals surface area (Å²) in [7, 11) is 0. The number of aromatic nitrogens is 6. The Bertz CT molecular complexity index is 1750. The molecule has 0 bridgehead atoms. The number of aliphatic hydroxyl groups is 3. The Morgan fingerprint density at radius 3 is 2.49 bits per heavy atom. The van der Waals surface area contributed by atoms with E-state index in [2.05, 4.69) is 20.2 Å². The number of thiazole rings is 1. The van der Waals surface area contributed by atoms with E-state index in [1.165, 1.54) is 33.1 Å². The first kappa shape index (κ1) is 27.8. The van der Waals surface area contributed by atoms with Crippen molar-refractivity contribution in [2.75, 3.05) is 6.61 Å². The zero-order valence-corrected chi connectivity index (χ0v) is 23.0. The van der Waals surface area contributed by atoms with E-state index < -0.39 is 54.5 Å². The minimum Gasteiger partial charge on any atom is -0.394 e. The van der Waals surface area contributed by atoms with E-state index >= 15 is 0 Å². The molecule has 0 unspecified atom stereocenters. The van der Waals surface area contributed by atoms with Crippen molar-refractivity contribution in [1.29, 1.82) is 0 Å². The van der Waals surface area contributed by atoms with Crippen molar-refractivity contribution >= 4 is 33.2 Å². The number of ether oxygens (including phenoxy) is 1. The zero-order chi connectivity index (χ0) is 29.2. The smallest absolute Gasteiger partial charge is 0.194 e. The Kier molecular flexibility index (Phi) is 7.08. The molecule has 0 spiro atoms. The molecule has 4 heterocycles. The number of benzene rings is 2. The second-order valence-corrected chi connectivity index (χ2v) is 11.2. The molecule has 41 heavy (non-hydrogen) atoms. The van der Waals surface area contributed by atoms with Gasteiger partial charge in [0.2, 0.25) is 0 Å². The maximum Gasteiger partial charge on any atom is 0.194 e. The van der Waals surface area contributed by atoms with Crippen LogP contribution in [0.5, 0.6) is 0 Å². The lowest BCUT2D eigenvalue weighted by Crippen LogP contribution is -2.53. The van der Waals surface area contributed by atoms with Gasteiger partial charge in [-0.25, -0.2) is 27.8 Å². The first-order valence-corrected chi connectivity index (χ1v) is 13.6. The van der Waals surface area contributed by atoms with E-state index in [9.17, 15) is 28.5 Å². The fourth-order valence-electron chi connectivity index (χ4n) is 5.02. The number of fused-ring (bicyclic) bond motifs is 1. The molecule has 3 N–H and O–H groups in total. The summed E-state index contributed by atoms with van der Waals surface area (Å²) in [6.07, 6.45) is -2.73. The average Bonchev–Trinajstić information content (AvgIpc) is 3.66. The Labute approximate surface area is 239 Å². The second-order valence-electron chi connectivity index (χ2n) is 9.62. The molecule has 1 aliphatic rings. The summed E-state index contributed by atoms with van der Waals surface area (Å²) in [6, 6.07) is 3.93. The van der Waals surface area contributed by atoms with E-state index in [0.717, 1.165) is 21.8 Å². The number of hydrogen-bond acceptors (Lipinski definition) is 9. The predicted octanol–water partition coefficient (Wildman–Crippen LogP) is 3.82. The van der Waals surface area contributed by atoms with Crippen LogP contribution in [0.3, 0.4) is 0 Å². The van der Waals surface area contributed by atoms with Gasteiger partial charge in [0.25, 0.3) is 0 Å². The van der Waals surface area contributed by atoms with E-state index in [-0.39, 0.29) is 17.0 Å². The van der Waals surface area contributed by atoms with Crippen molar-refractivity contribution in [3.05, 3.63) is 75.8 Å². The summed E-state index contributed by atoms with van der Waals surface area (Å²) in [5.41, 5.74) is 1.37. The number of rotatable bonds is 5. The van der Waals surface area contributed by atoms with Gasteiger partial charge < -0.3 is 20.1 Å². The third kappa shape index (κ3) is 4.70. The van der Waals surface area contributed by atoms with E-state index in [0.29, 0.717) is 22.1 Å². The van der Waals surface area contributed by atoms with Gasteiger partial charge in [-0.3, -0.25) is 4.68 Å². The number of aryl methyl sites for hydroxylation is 2. The quantitative estimate of drug-likeness (QED) is 0.257. The highest BCUT2D eigenvalue weighted by Crippen LogP contribution is 2.40. The van der Waals surface area contributed by atoms with Gasteiger partial charge in [0.05, 0.1) is 38.7 Å². The van der Waals surface area contributed by atoms with Crippen LogP contribution in [-0.4, -0.2) is 69.8 Å². The summed E-state index contributed by atoms with van der Waals surface area (Å²) in [4.78, 5) is 8.92. The maximum atomic E-state index is 13.8. The third-order valence-corrected chi connectivity index (χ3v) is 8.42. The molecule has 1 saturated heterocycles. The van der Waals surface area contributed by atoms with Gasteiger partial charge in [-0.15, -0.1) is 11.3 Å². The summed E-state index contributed by atoms with van der Waals surface area (Å²) >= 11 is 8.16. The molecule has 0 amide bonds. The Balaban J connectivity index is 1.41. The topological polar surface area (TPSA) is 131 Å². The van der Waals surface area contributed by atoms with E-state index in [1.54, 1.807) is 19.1 Å².